The molecule has 1 unspecified atom stereocenters. The molecule has 2 heterocycles. The minimum absolute atomic E-state index is 0.137. The monoisotopic (exact) mass is 454 g/mol. The predicted molar refractivity (Wildman–Crippen MR) is 127 cm³/mol. The highest BCUT2D eigenvalue weighted by Crippen LogP contribution is 2.41. The summed E-state index contributed by atoms with van der Waals surface area (Å²) in [6, 6.07) is 21.1. The molecule has 0 saturated heterocycles. The highest BCUT2D eigenvalue weighted by Gasteiger charge is 2.32. The number of fused-ring (bicyclic) bond motifs is 3. The predicted octanol–water partition coefficient (Wildman–Crippen LogP) is 4.16. The summed E-state index contributed by atoms with van der Waals surface area (Å²) in [7, 11) is 0. The minimum Gasteiger partial charge on any atom is -0.508 e. The maximum atomic E-state index is 13.7. The van der Waals surface area contributed by atoms with E-state index in [1.165, 1.54) is 29.0 Å². The molecule has 0 radical (unpaired) electrons. The van der Waals surface area contributed by atoms with E-state index in [2.05, 4.69) is 12.1 Å². The summed E-state index contributed by atoms with van der Waals surface area (Å²) in [4.78, 5) is 19.2. The average molecular weight is 455 g/mol. The molecule has 1 aliphatic heterocycles. The van der Waals surface area contributed by atoms with Gasteiger partial charge in [0.05, 0.1) is 16.3 Å². The smallest absolute Gasteiger partial charge is 0.271 e. The second-order valence-corrected chi connectivity index (χ2v) is 9.27. The second-order valence-electron chi connectivity index (χ2n) is 8.26. The number of hydrogen-bond acceptors (Lipinski definition) is 4. The van der Waals surface area contributed by atoms with E-state index >= 15 is 0 Å². The van der Waals surface area contributed by atoms with Gasteiger partial charge in [-0.05, 0) is 65.4 Å². The lowest BCUT2D eigenvalue weighted by atomic mass is 9.83. The van der Waals surface area contributed by atoms with Crippen molar-refractivity contribution in [3.8, 4) is 5.75 Å². The molecule has 0 spiro atoms. The minimum atomic E-state index is -0.337. The number of aromatic nitrogens is 1. The van der Waals surface area contributed by atoms with Crippen LogP contribution in [0.15, 0.2) is 88.2 Å². The number of benzene rings is 3. The molecule has 162 valence electrons. The Bertz CT molecular complexity index is 1610. The fourth-order valence-corrected chi connectivity index (χ4v) is 5.73. The highest BCUT2D eigenvalue weighted by atomic mass is 32.1. The lowest BCUT2D eigenvalue weighted by Gasteiger charge is -2.30. The third-order valence-corrected chi connectivity index (χ3v) is 7.21. The standard InChI is InChI=1S/C27H19FN2O2S/c28-19-11-8-18(9-12-19)25-22-13-10-17-5-1-2-7-21(17)24(22)29-27-30(25)26(32)23(33-27)15-16-4-3-6-20(31)14-16/h1-9,11-12,14-15,25,31H,10,13H2/b23-15+. The second kappa shape index (κ2) is 7.67. The zero-order valence-corrected chi connectivity index (χ0v) is 18.3. The van der Waals surface area contributed by atoms with Crippen LogP contribution in [0.25, 0.3) is 11.8 Å². The molecular formula is C27H19FN2O2S. The van der Waals surface area contributed by atoms with Crippen molar-refractivity contribution < 1.29 is 9.50 Å². The zero-order valence-electron chi connectivity index (χ0n) is 17.5. The number of aryl methyl sites for hydroxylation is 1. The summed E-state index contributed by atoms with van der Waals surface area (Å²) in [5.74, 6) is -0.161. The molecule has 1 atom stereocenters. The van der Waals surface area contributed by atoms with Gasteiger partial charge in [-0.3, -0.25) is 9.36 Å². The number of phenolic OH excluding ortho intramolecular Hbond substituents is 1. The SMILES string of the molecule is O=c1/c(=C\c2cccc(O)c2)sc2n1C(c1ccc(F)cc1)C1=C(N=2)c2ccccc2CC1. The summed E-state index contributed by atoms with van der Waals surface area (Å²) in [6.07, 6.45) is 3.44. The quantitative estimate of drug-likeness (QED) is 0.495. The summed E-state index contributed by atoms with van der Waals surface area (Å²) in [6.45, 7) is 0. The first-order valence-electron chi connectivity index (χ1n) is 10.8. The van der Waals surface area contributed by atoms with Crippen molar-refractivity contribution in [3.63, 3.8) is 0 Å². The van der Waals surface area contributed by atoms with Gasteiger partial charge in [0.25, 0.3) is 5.56 Å². The molecule has 3 aromatic carbocycles. The van der Waals surface area contributed by atoms with E-state index in [-0.39, 0.29) is 23.2 Å². The van der Waals surface area contributed by atoms with E-state index in [1.54, 1.807) is 41.0 Å². The number of nitrogens with zero attached hydrogens (tertiary/aromatic N) is 2. The molecular weight excluding hydrogens is 435 g/mol. The van der Waals surface area contributed by atoms with Crippen LogP contribution < -0.4 is 14.9 Å². The Balaban J connectivity index is 1.63. The molecule has 1 aromatic heterocycles. The number of hydrogen-bond donors (Lipinski definition) is 1. The summed E-state index contributed by atoms with van der Waals surface area (Å²) in [5, 5.41) is 9.81. The van der Waals surface area contributed by atoms with Gasteiger partial charge in [0.2, 0.25) is 0 Å². The third-order valence-electron chi connectivity index (χ3n) is 6.23. The number of halogens is 1. The molecule has 4 nitrogen and oxygen atoms in total. The van der Waals surface area contributed by atoms with Crippen molar-refractivity contribution in [1.82, 2.24) is 4.57 Å². The number of phenols is 1. The Labute approximate surface area is 192 Å². The molecule has 33 heavy (non-hydrogen) atoms. The fourth-order valence-electron chi connectivity index (χ4n) is 4.73. The number of thiazole rings is 1. The maximum Gasteiger partial charge on any atom is 0.271 e. The van der Waals surface area contributed by atoms with E-state index in [4.69, 9.17) is 4.99 Å². The van der Waals surface area contributed by atoms with Crippen molar-refractivity contribution in [1.29, 1.82) is 0 Å². The first-order chi connectivity index (χ1) is 16.1. The van der Waals surface area contributed by atoms with Crippen molar-refractivity contribution in [2.45, 2.75) is 18.9 Å². The number of allylic oxidation sites excluding steroid dienone is 1. The van der Waals surface area contributed by atoms with E-state index in [0.717, 1.165) is 40.8 Å². The molecule has 1 aliphatic carbocycles. The van der Waals surface area contributed by atoms with Gasteiger partial charge >= 0.3 is 0 Å². The molecule has 0 saturated carbocycles. The van der Waals surface area contributed by atoms with Crippen LogP contribution in [0.2, 0.25) is 0 Å². The van der Waals surface area contributed by atoms with Crippen LogP contribution in [0.5, 0.6) is 5.75 Å². The van der Waals surface area contributed by atoms with Crippen LogP contribution in [0.3, 0.4) is 0 Å². The van der Waals surface area contributed by atoms with Gasteiger partial charge in [0, 0.05) is 5.56 Å². The average Bonchev–Trinajstić information content (AvgIpc) is 3.13. The third kappa shape index (κ3) is 3.34. The topological polar surface area (TPSA) is 54.6 Å². The van der Waals surface area contributed by atoms with Crippen molar-refractivity contribution in [2.24, 2.45) is 4.99 Å². The first kappa shape index (κ1) is 19.9. The van der Waals surface area contributed by atoms with E-state index in [0.29, 0.717) is 9.33 Å². The molecule has 0 amide bonds. The van der Waals surface area contributed by atoms with Crippen molar-refractivity contribution in [2.75, 3.05) is 0 Å². The molecule has 6 heteroatoms. The Morgan fingerprint density at radius 1 is 1.03 bits per heavy atom. The van der Waals surface area contributed by atoms with Gasteiger partial charge in [-0.15, -0.1) is 0 Å². The Hall–Kier alpha value is -3.77. The van der Waals surface area contributed by atoms with Gasteiger partial charge in [-0.2, -0.15) is 0 Å². The molecule has 1 N–H and O–H groups in total. The summed E-state index contributed by atoms with van der Waals surface area (Å²) in [5.41, 5.74) is 5.80. The highest BCUT2D eigenvalue weighted by molar-refractivity contribution is 7.07. The molecule has 6 rings (SSSR count). The van der Waals surface area contributed by atoms with Crippen molar-refractivity contribution >= 4 is 23.1 Å². The van der Waals surface area contributed by atoms with Crippen LogP contribution in [0.1, 0.15) is 34.7 Å². The van der Waals surface area contributed by atoms with E-state index in [9.17, 15) is 14.3 Å². The fraction of sp³-hybridized carbons (Fsp3) is 0.111. The molecule has 2 aliphatic rings. The van der Waals surface area contributed by atoms with Gasteiger partial charge in [0.1, 0.15) is 11.6 Å². The Morgan fingerprint density at radius 3 is 2.67 bits per heavy atom. The van der Waals surface area contributed by atoms with Gasteiger partial charge in [0.15, 0.2) is 4.80 Å². The van der Waals surface area contributed by atoms with Crippen molar-refractivity contribution in [3.05, 3.63) is 126 Å². The van der Waals surface area contributed by atoms with Crippen LogP contribution in [-0.4, -0.2) is 9.67 Å². The Morgan fingerprint density at radius 2 is 1.85 bits per heavy atom. The summed E-state index contributed by atoms with van der Waals surface area (Å²) >= 11 is 1.33. The van der Waals surface area contributed by atoms with Gasteiger partial charge in [-0.1, -0.05) is 59.9 Å². The normalized spacial score (nSPS) is 17.2. The Kier molecular flexibility index (Phi) is 4.62. The lowest BCUT2D eigenvalue weighted by Crippen LogP contribution is -2.38. The van der Waals surface area contributed by atoms with E-state index < -0.39 is 0 Å². The number of rotatable bonds is 2. The van der Waals surface area contributed by atoms with E-state index in [1.807, 2.05) is 18.2 Å². The van der Waals surface area contributed by atoms with Gasteiger partial charge < -0.3 is 5.11 Å². The van der Waals surface area contributed by atoms with Crippen LogP contribution in [-0.2, 0) is 6.42 Å². The summed E-state index contributed by atoms with van der Waals surface area (Å²) < 4.78 is 16.0. The van der Waals surface area contributed by atoms with Crippen LogP contribution >= 0.6 is 11.3 Å². The largest absolute Gasteiger partial charge is 0.508 e. The zero-order chi connectivity index (χ0) is 22.5. The first-order valence-corrected chi connectivity index (χ1v) is 11.6. The van der Waals surface area contributed by atoms with Crippen LogP contribution in [0.4, 0.5) is 4.39 Å². The molecule has 0 bridgehead atoms. The van der Waals surface area contributed by atoms with Gasteiger partial charge in [-0.25, -0.2) is 9.38 Å². The number of aromatic hydroxyl groups is 1. The molecule has 0 fully saturated rings. The maximum absolute atomic E-state index is 13.7. The molecule has 4 aromatic rings. The lowest BCUT2D eigenvalue weighted by molar-refractivity contribution is 0.475. The van der Waals surface area contributed by atoms with Crippen LogP contribution in [0, 0.1) is 5.82 Å².